The van der Waals surface area contributed by atoms with E-state index in [1.165, 1.54) is 6.26 Å². The van der Waals surface area contributed by atoms with Crippen molar-refractivity contribution in [3.63, 3.8) is 0 Å². The van der Waals surface area contributed by atoms with Crippen molar-refractivity contribution in [1.82, 2.24) is 4.90 Å². The fraction of sp³-hybridized carbons (Fsp3) is 0.267. The standard InChI is InChI=1S/C15H15NO3S/c1-11-14(5-7-19-11)15(18)16(2)9-13-8-12(10-20-13)4-3-6-17/h5,7-8,10,17H,6,9H2,1-2H3. The van der Waals surface area contributed by atoms with E-state index in [9.17, 15) is 4.79 Å². The molecule has 0 spiro atoms. The minimum absolute atomic E-state index is 0.0624. The van der Waals surface area contributed by atoms with Gasteiger partial charge in [-0.05, 0) is 19.1 Å². The molecule has 0 fully saturated rings. The smallest absolute Gasteiger partial charge is 0.257 e. The van der Waals surface area contributed by atoms with Gasteiger partial charge in [-0.2, -0.15) is 0 Å². The zero-order chi connectivity index (χ0) is 14.5. The number of aliphatic hydroxyl groups is 1. The molecule has 1 N–H and O–H groups in total. The molecular weight excluding hydrogens is 274 g/mol. The van der Waals surface area contributed by atoms with Gasteiger partial charge in [0.1, 0.15) is 12.4 Å². The summed E-state index contributed by atoms with van der Waals surface area (Å²) in [6.45, 7) is 2.15. The van der Waals surface area contributed by atoms with Crippen LogP contribution in [0.15, 0.2) is 28.2 Å². The zero-order valence-corrected chi connectivity index (χ0v) is 12.2. The maximum atomic E-state index is 12.2. The molecule has 0 aliphatic heterocycles. The second kappa shape index (κ2) is 6.42. The lowest BCUT2D eigenvalue weighted by Gasteiger charge is -2.15. The molecule has 1 amide bonds. The molecule has 0 saturated carbocycles. The molecule has 2 rings (SSSR count). The van der Waals surface area contributed by atoms with Gasteiger partial charge in [-0.1, -0.05) is 11.8 Å². The van der Waals surface area contributed by atoms with E-state index in [2.05, 4.69) is 11.8 Å². The van der Waals surface area contributed by atoms with Crippen molar-refractivity contribution in [2.24, 2.45) is 0 Å². The van der Waals surface area contributed by atoms with E-state index in [1.807, 2.05) is 11.4 Å². The van der Waals surface area contributed by atoms with E-state index < -0.39 is 0 Å². The van der Waals surface area contributed by atoms with Crippen LogP contribution < -0.4 is 0 Å². The molecule has 0 bridgehead atoms. The number of hydrogen-bond acceptors (Lipinski definition) is 4. The largest absolute Gasteiger partial charge is 0.469 e. The summed E-state index contributed by atoms with van der Waals surface area (Å²) in [5, 5.41) is 10.6. The number of nitrogens with zero attached hydrogens (tertiary/aromatic N) is 1. The van der Waals surface area contributed by atoms with Gasteiger partial charge in [0.25, 0.3) is 5.91 Å². The first-order valence-corrected chi connectivity index (χ1v) is 6.96. The number of thiophene rings is 1. The first-order chi connectivity index (χ1) is 9.61. The van der Waals surface area contributed by atoms with Gasteiger partial charge in [-0.3, -0.25) is 4.79 Å². The summed E-state index contributed by atoms with van der Waals surface area (Å²) in [4.78, 5) is 14.9. The maximum absolute atomic E-state index is 12.2. The van der Waals surface area contributed by atoms with Crippen LogP contribution in [0.25, 0.3) is 0 Å². The average Bonchev–Trinajstić information content (AvgIpc) is 3.04. The molecule has 0 atom stereocenters. The van der Waals surface area contributed by atoms with Crippen molar-refractivity contribution in [2.75, 3.05) is 13.7 Å². The molecule has 0 radical (unpaired) electrons. The first-order valence-electron chi connectivity index (χ1n) is 6.08. The number of carbonyl (C=O) groups is 1. The highest BCUT2D eigenvalue weighted by Crippen LogP contribution is 2.18. The van der Waals surface area contributed by atoms with Gasteiger partial charge in [0.15, 0.2) is 0 Å². The SMILES string of the molecule is Cc1occc1C(=O)N(C)Cc1cc(C#CCO)cs1. The summed E-state index contributed by atoms with van der Waals surface area (Å²) in [7, 11) is 1.76. The Morgan fingerprint density at radius 2 is 2.35 bits per heavy atom. The fourth-order valence-corrected chi connectivity index (χ4v) is 2.66. The summed E-state index contributed by atoms with van der Waals surface area (Å²) in [6.07, 6.45) is 1.52. The van der Waals surface area contributed by atoms with Crippen molar-refractivity contribution in [2.45, 2.75) is 13.5 Å². The number of aliphatic hydroxyl groups excluding tert-OH is 1. The second-order valence-corrected chi connectivity index (χ2v) is 5.31. The van der Waals surface area contributed by atoms with E-state index in [4.69, 9.17) is 9.52 Å². The topological polar surface area (TPSA) is 53.7 Å². The van der Waals surface area contributed by atoms with E-state index in [0.717, 1.165) is 10.4 Å². The molecule has 2 aromatic rings. The molecule has 5 heteroatoms. The van der Waals surface area contributed by atoms with Gasteiger partial charge in [0.2, 0.25) is 0 Å². The molecular formula is C15H15NO3S. The van der Waals surface area contributed by atoms with Crippen LogP contribution in [-0.2, 0) is 6.54 Å². The van der Waals surface area contributed by atoms with E-state index in [0.29, 0.717) is 17.9 Å². The zero-order valence-electron chi connectivity index (χ0n) is 11.3. The van der Waals surface area contributed by atoms with Crippen LogP contribution in [0.1, 0.15) is 26.6 Å². The van der Waals surface area contributed by atoms with Crippen molar-refractivity contribution < 1.29 is 14.3 Å². The Balaban J connectivity index is 2.04. The highest BCUT2D eigenvalue weighted by atomic mass is 32.1. The molecule has 0 aliphatic rings. The van der Waals surface area contributed by atoms with Crippen LogP contribution in [0.3, 0.4) is 0 Å². The molecule has 0 saturated heterocycles. The van der Waals surface area contributed by atoms with Crippen molar-refractivity contribution in [3.8, 4) is 11.8 Å². The third kappa shape index (κ3) is 3.29. The van der Waals surface area contributed by atoms with Gasteiger partial charge in [-0.25, -0.2) is 0 Å². The van der Waals surface area contributed by atoms with E-state index >= 15 is 0 Å². The molecule has 20 heavy (non-hydrogen) atoms. The third-order valence-electron chi connectivity index (χ3n) is 2.79. The van der Waals surface area contributed by atoms with Crippen molar-refractivity contribution in [1.29, 1.82) is 0 Å². The average molecular weight is 289 g/mol. The van der Waals surface area contributed by atoms with Gasteiger partial charge in [0.05, 0.1) is 18.4 Å². The van der Waals surface area contributed by atoms with Crippen molar-refractivity contribution in [3.05, 3.63) is 45.5 Å². The third-order valence-corrected chi connectivity index (χ3v) is 3.72. The van der Waals surface area contributed by atoms with Gasteiger partial charge in [-0.15, -0.1) is 11.3 Å². The lowest BCUT2D eigenvalue weighted by molar-refractivity contribution is 0.0784. The summed E-state index contributed by atoms with van der Waals surface area (Å²) in [5.41, 5.74) is 1.45. The minimum atomic E-state index is -0.149. The normalized spacial score (nSPS) is 9.95. The van der Waals surface area contributed by atoms with E-state index in [-0.39, 0.29) is 12.5 Å². The molecule has 4 nitrogen and oxygen atoms in total. The monoisotopic (exact) mass is 289 g/mol. The summed E-state index contributed by atoms with van der Waals surface area (Å²) in [6, 6.07) is 3.61. The van der Waals surface area contributed by atoms with Crippen LogP contribution in [0.2, 0.25) is 0 Å². The van der Waals surface area contributed by atoms with Crippen LogP contribution in [-0.4, -0.2) is 29.6 Å². The van der Waals surface area contributed by atoms with Crippen LogP contribution in [0, 0.1) is 18.8 Å². The van der Waals surface area contributed by atoms with Gasteiger partial charge >= 0.3 is 0 Å². The number of amides is 1. The lowest BCUT2D eigenvalue weighted by Crippen LogP contribution is -2.25. The summed E-state index contributed by atoms with van der Waals surface area (Å²) >= 11 is 1.55. The van der Waals surface area contributed by atoms with Crippen LogP contribution >= 0.6 is 11.3 Å². The Bertz CT molecular complexity index is 660. The van der Waals surface area contributed by atoms with Crippen LogP contribution in [0.4, 0.5) is 0 Å². The quantitative estimate of drug-likeness (QED) is 0.882. The Hall–Kier alpha value is -2.03. The summed E-state index contributed by atoms with van der Waals surface area (Å²) < 4.78 is 5.15. The minimum Gasteiger partial charge on any atom is -0.469 e. The van der Waals surface area contributed by atoms with Gasteiger partial charge < -0.3 is 14.4 Å². The predicted octanol–water partition coefficient (Wildman–Crippen LogP) is 2.27. The number of rotatable bonds is 3. The molecule has 0 unspecified atom stereocenters. The summed E-state index contributed by atoms with van der Waals surface area (Å²) in [5.74, 6) is 6.01. The number of aryl methyl sites for hydroxylation is 1. The Kier molecular flexibility index (Phi) is 4.61. The number of carbonyl (C=O) groups excluding carboxylic acids is 1. The number of furan rings is 1. The second-order valence-electron chi connectivity index (χ2n) is 4.31. The molecule has 104 valence electrons. The molecule has 2 aromatic heterocycles. The molecule has 0 aromatic carbocycles. The van der Waals surface area contributed by atoms with Crippen LogP contribution in [0.5, 0.6) is 0 Å². The Morgan fingerprint density at radius 3 is 3.00 bits per heavy atom. The fourth-order valence-electron chi connectivity index (χ4n) is 1.79. The Labute approximate surface area is 121 Å². The van der Waals surface area contributed by atoms with E-state index in [1.54, 1.807) is 36.3 Å². The molecule has 2 heterocycles. The predicted molar refractivity (Wildman–Crippen MR) is 77.5 cm³/mol. The maximum Gasteiger partial charge on any atom is 0.257 e. The highest BCUT2D eigenvalue weighted by Gasteiger charge is 2.16. The van der Waals surface area contributed by atoms with Crippen molar-refractivity contribution >= 4 is 17.2 Å². The first kappa shape index (κ1) is 14.4. The van der Waals surface area contributed by atoms with Gasteiger partial charge in [0, 0.05) is 22.9 Å². The lowest BCUT2D eigenvalue weighted by atomic mass is 10.2. The Morgan fingerprint density at radius 1 is 1.55 bits per heavy atom. The molecule has 0 aliphatic carbocycles. The number of hydrogen-bond donors (Lipinski definition) is 1. The highest BCUT2D eigenvalue weighted by molar-refractivity contribution is 7.10.